The van der Waals surface area contributed by atoms with Crippen molar-refractivity contribution in [2.24, 2.45) is 0 Å². The molecule has 0 atom stereocenters. The molecule has 0 aliphatic heterocycles. The number of halogens is 1. The fraction of sp³-hybridized carbons (Fsp3) is 0.500. The van der Waals surface area contributed by atoms with E-state index in [9.17, 15) is 13.2 Å². The predicted molar refractivity (Wildman–Crippen MR) is 65.2 cm³/mol. The first-order valence-corrected chi connectivity index (χ1v) is 7.64. The van der Waals surface area contributed by atoms with Gasteiger partial charge in [-0.05, 0) is 12.5 Å². The van der Waals surface area contributed by atoms with E-state index in [1.807, 2.05) is 6.92 Å². The molecule has 1 aromatic rings. The van der Waals surface area contributed by atoms with Crippen molar-refractivity contribution >= 4 is 25.7 Å². The Balaban J connectivity index is 2.45. The number of esters is 1. The number of hydrogen-bond acceptors (Lipinski definition) is 5. The third kappa shape index (κ3) is 4.67. The Labute approximate surface area is 110 Å². The van der Waals surface area contributed by atoms with Gasteiger partial charge in [-0.1, -0.05) is 6.92 Å². The number of rotatable bonds is 7. The fourth-order valence-corrected chi connectivity index (χ4v) is 1.88. The summed E-state index contributed by atoms with van der Waals surface area (Å²) in [6, 6.07) is 1.12. The Morgan fingerprint density at radius 3 is 2.67 bits per heavy atom. The average molecular weight is 296 g/mol. The second-order valence-electron chi connectivity index (χ2n) is 3.44. The van der Waals surface area contributed by atoms with Crippen LogP contribution in [0.1, 0.15) is 23.8 Å². The van der Waals surface area contributed by atoms with E-state index < -0.39 is 15.0 Å². The molecule has 0 bridgehead atoms. The van der Waals surface area contributed by atoms with E-state index in [1.165, 1.54) is 0 Å². The summed E-state index contributed by atoms with van der Waals surface area (Å²) in [5.41, 5.74) is 0.0321. The number of aromatic amines is 1. The Kier molecular flexibility index (Phi) is 5.64. The van der Waals surface area contributed by atoms with Crippen LogP contribution >= 0.6 is 10.7 Å². The van der Waals surface area contributed by atoms with E-state index >= 15 is 0 Å². The molecule has 0 aromatic carbocycles. The first-order valence-electron chi connectivity index (χ1n) is 5.33. The molecule has 0 amide bonds. The zero-order valence-corrected chi connectivity index (χ0v) is 11.4. The third-order valence-corrected chi connectivity index (χ3v) is 3.30. The molecule has 0 aliphatic rings. The molecule has 0 spiro atoms. The first kappa shape index (κ1) is 15.0. The number of nitrogens with one attached hydrogen (secondary N) is 1. The van der Waals surface area contributed by atoms with Gasteiger partial charge in [-0.2, -0.15) is 0 Å². The van der Waals surface area contributed by atoms with E-state index in [2.05, 4.69) is 4.98 Å². The highest BCUT2D eigenvalue weighted by atomic mass is 35.7. The van der Waals surface area contributed by atoms with Crippen LogP contribution in [0.25, 0.3) is 0 Å². The molecule has 1 aromatic heterocycles. The predicted octanol–water partition coefficient (Wildman–Crippen LogP) is 1.53. The molecule has 0 saturated heterocycles. The van der Waals surface area contributed by atoms with Crippen LogP contribution in [0, 0.1) is 0 Å². The molecule has 18 heavy (non-hydrogen) atoms. The Hall–Kier alpha value is -1.05. The van der Waals surface area contributed by atoms with E-state index in [1.54, 1.807) is 0 Å². The number of H-pyrrole nitrogens is 1. The summed E-state index contributed by atoms with van der Waals surface area (Å²) >= 11 is 0. The maximum atomic E-state index is 11.5. The van der Waals surface area contributed by atoms with Crippen molar-refractivity contribution in [1.82, 2.24) is 4.98 Å². The van der Waals surface area contributed by atoms with Gasteiger partial charge in [0.05, 0.1) is 6.61 Å². The molecule has 6 nitrogen and oxygen atoms in total. The van der Waals surface area contributed by atoms with Crippen LogP contribution in [0.15, 0.2) is 17.2 Å². The minimum absolute atomic E-state index is 0.0321. The summed E-state index contributed by atoms with van der Waals surface area (Å²) in [4.78, 5) is 13.8. The minimum Gasteiger partial charge on any atom is -0.459 e. The summed E-state index contributed by atoms with van der Waals surface area (Å²) in [5, 5.41) is 0. The van der Waals surface area contributed by atoms with Crippen molar-refractivity contribution in [3.63, 3.8) is 0 Å². The van der Waals surface area contributed by atoms with Crippen molar-refractivity contribution < 1.29 is 22.7 Å². The quantitative estimate of drug-likeness (QED) is 0.468. The molecule has 1 rings (SSSR count). The summed E-state index contributed by atoms with van der Waals surface area (Å²) in [6.45, 7) is 3.00. The molecule has 1 N–H and O–H groups in total. The fourth-order valence-electron chi connectivity index (χ4n) is 1.15. The molecule has 0 saturated carbocycles. The molecule has 8 heteroatoms. The highest BCUT2D eigenvalue weighted by Gasteiger charge is 2.16. The van der Waals surface area contributed by atoms with Gasteiger partial charge in [0, 0.05) is 23.5 Å². The smallest absolute Gasteiger partial charge is 0.354 e. The molecule has 102 valence electrons. The largest absolute Gasteiger partial charge is 0.459 e. The summed E-state index contributed by atoms with van der Waals surface area (Å²) in [7, 11) is 1.28. The second kappa shape index (κ2) is 6.77. The Morgan fingerprint density at radius 2 is 2.11 bits per heavy atom. The highest BCUT2D eigenvalue weighted by molar-refractivity contribution is 8.13. The van der Waals surface area contributed by atoms with Crippen molar-refractivity contribution in [3.8, 4) is 0 Å². The maximum Gasteiger partial charge on any atom is 0.354 e. The van der Waals surface area contributed by atoms with E-state index in [0.29, 0.717) is 13.2 Å². The number of ether oxygens (including phenoxy) is 2. The van der Waals surface area contributed by atoms with Gasteiger partial charge in [-0.3, -0.25) is 0 Å². The summed E-state index contributed by atoms with van der Waals surface area (Å²) in [5.74, 6) is -0.651. The number of aromatic nitrogens is 1. The standard InChI is InChI=1S/C10H14ClNO5S/c1-2-3-16-4-5-17-10(13)9-6-8(7-12-9)18(11,14)15/h6-7,12H,2-5H2,1H3. The van der Waals surface area contributed by atoms with Crippen LogP contribution in [0.2, 0.25) is 0 Å². The van der Waals surface area contributed by atoms with Crippen molar-refractivity contribution in [3.05, 3.63) is 18.0 Å². The number of hydrogen-bond donors (Lipinski definition) is 1. The number of carbonyl (C=O) groups is 1. The molecule has 0 unspecified atom stereocenters. The SMILES string of the molecule is CCCOCCOC(=O)c1cc(S(=O)(=O)Cl)c[nH]1. The monoisotopic (exact) mass is 295 g/mol. The van der Waals surface area contributed by atoms with Crippen LogP contribution in [0.3, 0.4) is 0 Å². The molecular weight excluding hydrogens is 282 g/mol. The van der Waals surface area contributed by atoms with Gasteiger partial charge in [-0.15, -0.1) is 0 Å². The molecule has 0 aliphatic carbocycles. The second-order valence-corrected chi connectivity index (χ2v) is 6.00. The van der Waals surface area contributed by atoms with Crippen molar-refractivity contribution in [1.29, 1.82) is 0 Å². The average Bonchev–Trinajstić information content (AvgIpc) is 2.77. The van der Waals surface area contributed by atoms with Crippen LogP contribution in [0.5, 0.6) is 0 Å². The molecular formula is C10H14ClNO5S. The third-order valence-electron chi connectivity index (χ3n) is 1.97. The van der Waals surface area contributed by atoms with Gasteiger partial charge >= 0.3 is 5.97 Å². The van der Waals surface area contributed by atoms with Gasteiger partial charge in [0.15, 0.2) is 0 Å². The van der Waals surface area contributed by atoms with Gasteiger partial charge in [0.2, 0.25) is 0 Å². The van der Waals surface area contributed by atoms with Crippen LogP contribution in [-0.4, -0.2) is 39.2 Å². The summed E-state index contributed by atoms with van der Waals surface area (Å²) < 4.78 is 31.9. The minimum atomic E-state index is -3.84. The highest BCUT2D eigenvalue weighted by Crippen LogP contribution is 2.16. The van der Waals surface area contributed by atoms with Gasteiger partial charge in [0.1, 0.15) is 17.2 Å². The van der Waals surface area contributed by atoms with Crippen LogP contribution in [0.4, 0.5) is 0 Å². The van der Waals surface area contributed by atoms with Crippen molar-refractivity contribution in [2.45, 2.75) is 18.2 Å². The molecule has 0 fully saturated rings. The Bertz CT molecular complexity index is 496. The van der Waals surface area contributed by atoms with E-state index in [-0.39, 0.29) is 17.2 Å². The Morgan fingerprint density at radius 1 is 1.39 bits per heavy atom. The molecule has 1 heterocycles. The summed E-state index contributed by atoms with van der Waals surface area (Å²) in [6.07, 6.45) is 2.02. The zero-order valence-electron chi connectivity index (χ0n) is 9.81. The normalized spacial score (nSPS) is 11.4. The lowest BCUT2D eigenvalue weighted by molar-refractivity contribution is 0.0313. The molecule has 0 radical (unpaired) electrons. The van der Waals surface area contributed by atoms with Crippen LogP contribution in [-0.2, 0) is 18.5 Å². The number of carbonyl (C=O) groups excluding carboxylic acids is 1. The maximum absolute atomic E-state index is 11.5. The lowest BCUT2D eigenvalue weighted by atomic mass is 10.4. The van der Waals surface area contributed by atoms with Gasteiger partial charge in [-0.25, -0.2) is 13.2 Å². The topological polar surface area (TPSA) is 85.5 Å². The lowest BCUT2D eigenvalue weighted by Gasteiger charge is -2.03. The lowest BCUT2D eigenvalue weighted by Crippen LogP contribution is -2.11. The van der Waals surface area contributed by atoms with Crippen LogP contribution < -0.4 is 0 Å². The van der Waals surface area contributed by atoms with Gasteiger partial charge in [0.25, 0.3) is 9.05 Å². The first-order chi connectivity index (χ1) is 8.45. The van der Waals surface area contributed by atoms with E-state index in [4.69, 9.17) is 20.2 Å². The van der Waals surface area contributed by atoms with Crippen molar-refractivity contribution in [2.75, 3.05) is 19.8 Å². The van der Waals surface area contributed by atoms with E-state index in [0.717, 1.165) is 18.7 Å². The van der Waals surface area contributed by atoms with Gasteiger partial charge < -0.3 is 14.5 Å². The zero-order chi connectivity index (χ0) is 13.6.